The van der Waals surface area contributed by atoms with Crippen molar-refractivity contribution in [3.63, 3.8) is 0 Å². The van der Waals surface area contributed by atoms with E-state index in [1.54, 1.807) is 11.0 Å². The van der Waals surface area contributed by atoms with Crippen LogP contribution in [0.15, 0.2) is 72.5 Å². The van der Waals surface area contributed by atoms with E-state index in [1.165, 1.54) is 24.3 Å². The van der Waals surface area contributed by atoms with E-state index in [0.717, 1.165) is 36.4 Å². The lowest BCUT2D eigenvalue weighted by Gasteiger charge is -2.29. The molecule has 1 aliphatic rings. The number of allylic oxidation sites excluding steroid dienone is 4. The minimum absolute atomic E-state index is 0.448. The van der Waals surface area contributed by atoms with Gasteiger partial charge < -0.3 is 4.90 Å². The number of halogens is 6. The minimum Gasteiger partial charge on any atom is -0.314 e. The second-order valence-corrected chi connectivity index (χ2v) is 6.05. The van der Waals surface area contributed by atoms with Crippen LogP contribution in [0.1, 0.15) is 37.8 Å². The van der Waals surface area contributed by atoms with Crippen LogP contribution in [0.2, 0.25) is 0 Å². The number of alkyl halides is 6. The SMILES string of the molecule is CC.FC(F)(F)c1ccc(N(C2=CC=CCC2)c2ccc(C(F)(F)F)cc2)cc1. The molecule has 2 aromatic rings. The first-order chi connectivity index (χ1) is 13.7. The summed E-state index contributed by atoms with van der Waals surface area (Å²) >= 11 is 0. The van der Waals surface area contributed by atoms with E-state index in [0.29, 0.717) is 17.8 Å². The molecule has 156 valence electrons. The number of hydrogen-bond donors (Lipinski definition) is 0. The van der Waals surface area contributed by atoms with E-state index >= 15 is 0 Å². The highest BCUT2D eigenvalue weighted by molar-refractivity contribution is 5.69. The van der Waals surface area contributed by atoms with Crippen molar-refractivity contribution >= 4 is 11.4 Å². The highest BCUT2D eigenvalue weighted by Crippen LogP contribution is 2.37. The van der Waals surface area contributed by atoms with Crippen molar-refractivity contribution in [1.82, 2.24) is 0 Å². The van der Waals surface area contributed by atoms with Gasteiger partial charge in [0.2, 0.25) is 0 Å². The fourth-order valence-corrected chi connectivity index (χ4v) is 2.86. The molecule has 0 fully saturated rings. The smallest absolute Gasteiger partial charge is 0.314 e. The van der Waals surface area contributed by atoms with Gasteiger partial charge in [-0.2, -0.15) is 26.3 Å². The van der Waals surface area contributed by atoms with Crippen LogP contribution in [0.25, 0.3) is 0 Å². The van der Waals surface area contributed by atoms with Crippen molar-refractivity contribution in [2.45, 2.75) is 39.0 Å². The molecule has 0 amide bonds. The van der Waals surface area contributed by atoms with Gasteiger partial charge in [-0.15, -0.1) is 0 Å². The number of anilines is 2. The van der Waals surface area contributed by atoms with Crippen LogP contribution in [0.3, 0.4) is 0 Å². The van der Waals surface area contributed by atoms with E-state index in [9.17, 15) is 26.3 Å². The van der Waals surface area contributed by atoms with Crippen LogP contribution in [0, 0.1) is 0 Å². The molecule has 3 rings (SSSR count). The Hall–Kier alpha value is -2.70. The van der Waals surface area contributed by atoms with Crippen molar-refractivity contribution in [3.8, 4) is 0 Å². The first-order valence-electron chi connectivity index (χ1n) is 9.16. The van der Waals surface area contributed by atoms with Gasteiger partial charge in [-0.1, -0.05) is 26.0 Å². The van der Waals surface area contributed by atoms with E-state index < -0.39 is 23.5 Å². The predicted octanol–water partition coefficient (Wildman–Crippen LogP) is 8.12. The van der Waals surface area contributed by atoms with Gasteiger partial charge in [-0.05, 0) is 67.4 Å². The van der Waals surface area contributed by atoms with Gasteiger partial charge in [0.25, 0.3) is 0 Å². The van der Waals surface area contributed by atoms with E-state index in [-0.39, 0.29) is 0 Å². The van der Waals surface area contributed by atoms with E-state index in [4.69, 9.17) is 0 Å². The summed E-state index contributed by atoms with van der Waals surface area (Å²) in [5.74, 6) is 0. The topological polar surface area (TPSA) is 3.24 Å². The highest BCUT2D eigenvalue weighted by atomic mass is 19.4. The molecule has 7 heteroatoms. The molecular formula is C22H21F6N. The van der Waals surface area contributed by atoms with Crippen LogP contribution >= 0.6 is 0 Å². The molecule has 0 bridgehead atoms. The van der Waals surface area contributed by atoms with Crippen LogP contribution in [0.4, 0.5) is 37.7 Å². The Kier molecular flexibility index (Phi) is 7.16. The Morgan fingerprint density at radius 1 is 0.690 bits per heavy atom. The van der Waals surface area contributed by atoms with Gasteiger partial charge >= 0.3 is 12.4 Å². The maximum absolute atomic E-state index is 12.8. The molecule has 0 saturated heterocycles. The summed E-state index contributed by atoms with van der Waals surface area (Å²) in [6.07, 6.45) is -1.97. The number of nitrogens with zero attached hydrogens (tertiary/aromatic N) is 1. The number of benzene rings is 2. The Bertz CT molecular complexity index is 785. The molecule has 0 unspecified atom stereocenters. The summed E-state index contributed by atoms with van der Waals surface area (Å²) in [5, 5.41) is 0. The van der Waals surface area contributed by atoms with Crippen molar-refractivity contribution in [2.24, 2.45) is 0 Å². The summed E-state index contributed by atoms with van der Waals surface area (Å²) < 4.78 is 76.9. The molecule has 1 nitrogen and oxygen atoms in total. The van der Waals surface area contributed by atoms with Gasteiger partial charge in [-0.25, -0.2) is 0 Å². The monoisotopic (exact) mass is 413 g/mol. The summed E-state index contributed by atoms with van der Waals surface area (Å²) in [7, 11) is 0. The largest absolute Gasteiger partial charge is 0.416 e. The number of hydrogen-bond acceptors (Lipinski definition) is 1. The lowest BCUT2D eigenvalue weighted by Crippen LogP contribution is -2.18. The Morgan fingerprint density at radius 3 is 1.41 bits per heavy atom. The average Bonchev–Trinajstić information content (AvgIpc) is 2.70. The molecule has 0 N–H and O–H groups in total. The van der Waals surface area contributed by atoms with Gasteiger partial charge in [0, 0.05) is 17.1 Å². The average molecular weight is 413 g/mol. The van der Waals surface area contributed by atoms with Crippen molar-refractivity contribution in [3.05, 3.63) is 83.6 Å². The molecule has 0 atom stereocenters. The van der Waals surface area contributed by atoms with Gasteiger partial charge in [0.1, 0.15) is 0 Å². The molecule has 0 spiro atoms. The minimum atomic E-state index is -4.45. The Labute approximate surface area is 166 Å². The molecule has 29 heavy (non-hydrogen) atoms. The summed E-state index contributed by atoms with van der Waals surface area (Å²) in [4.78, 5) is 1.67. The van der Waals surface area contributed by atoms with Crippen LogP contribution < -0.4 is 4.90 Å². The standard InChI is InChI=1S/C20H15F6N.C2H6/c21-19(22,23)14-6-10-17(11-7-14)27(16-4-2-1-3-5-16)18-12-8-15(9-13-18)20(24,25)26;1-2/h1-2,4,6-13H,3,5H2;1-2H3. The second kappa shape index (κ2) is 9.20. The zero-order valence-electron chi connectivity index (χ0n) is 16.0. The maximum atomic E-state index is 12.8. The maximum Gasteiger partial charge on any atom is 0.416 e. The molecule has 0 aromatic heterocycles. The Morgan fingerprint density at radius 2 is 1.10 bits per heavy atom. The zero-order chi connectivity index (χ0) is 21.7. The highest BCUT2D eigenvalue weighted by Gasteiger charge is 2.31. The molecule has 0 radical (unpaired) electrons. The summed E-state index contributed by atoms with van der Waals surface area (Å²) in [6.45, 7) is 4.00. The lowest BCUT2D eigenvalue weighted by molar-refractivity contribution is -0.138. The van der Waals surface area contributed by atoms with Crippen LogP contribution in [-0.2, 0) is 12.4 Å². The third-order valence-corrected chi connectivity index (χ3v) is 4.18. The van der Waals surface area contributed by atoms with Crippen LogP contribution in [0.5, 0.6) is 0 Å². The van der Waals surface area contributed by atoms with E-state index in [2.05, 4.69) is 0 Å². The molecule has 0 aliphatic heterocycles. The van der Waals surface area contributed by atoms with Gasteiger partial charge in [0.15, 0.2) is 0 Å². The molecule has 1 aliphatic carbocycles. The zero-order valence-corrected chi connectivity index (χ0v) is 16.0. The molecule has 0 saturated carbocycles. The van der Waals surface area contributed by atoms with Crippen LogP contribution in [-0.4, -0.2) is 0 Å². The number of rotatable bonds is 3. The normalized spacial score (nSPS) is 14.0. The first kappa shape index (κ1) is 22.6. The second-order valence-electron chi connectivity index (χ2n) is 6.05. The molecular weight excluding hydrogens is 392 g/mol. The molecule has 2 aromatic carbocycles. The van der Waals surface area contributed by atoms with Crippen molar-refractivity contribution in [2.75, 3.05) is 4.90 Å². The first-order valence-corrected chi connectivity index (χ1v) is 9.16. The van der Waals surface area contributed by atoms with Crippen molar-refractivity contribution < 1.29 is 26.3 Å². The van der Waals surface area contributed by atoms with E-state index in [1.807, 2.05) is 26.0 Å². The predicted molar refractivity (Wildman–Crippen MR) is 103 cm³/mol. The van der Waals surface area contributed by atoms with Gasteiger partial charge in [-0.3, -0.25) is 0 Å². The fraction of sp³-hybridized carbons (Fsp3) is 0.273. The van der Waals surface area contributed by atoms with Crippen molar-refractivity contribution in [1.29, 1.82) is 0 Å². The van der Waals surface area contributed by atoms with Gasteiger partial charge in [0.05, 0.1) is 11.1 Å². The third kappa shape index (κ3) is 5.65. The lowest BCUT2D eigenvalue weighted by atomic mass is 10.1. The summed E-state index contributed by atoms with van der Waals surface area (Å²) in [6, 6.07) is 9.13. The Balaban J connectivity index is 0.00000145. The fourth-order valence-electron chi connectivity index (χ4n) is 2.86. The third-order valence-electron chi connectivity index (χ3n) is 4.18. The molecule has 0 heterocycles. The quantitative estimate of drug-likeness (QED) is 0.459. The summed E-state index contributed by atoms with van der Waals surface area (Å²) in [5.41, 5.74) is 0.123.